The van der Waals surface area contributed by atoms with Gasteiger partial charge in [0.2, 0.25) is 0 Å². The number of hydrogen-bond donors (Lipinski definition) is 1. The first kappa shape index (κ1) is 5.88. The predicted octanol–water partition coefficient (Wildman–Crippen LogP) is -0.0774. The van der Waals surface area contributed by atoms with Gasteiger partial charge in [-0.3, -0.25) is 4.79 Å². The fourth-order valence-corrected chi connectivity index (χ4v) is 1.56. The van der Waals surface area contributed by atoms with Crippen molar-refractivity contribution in [1.29, 1.82) is 0 Å². The zero-order valence-electron chi connectivity index (χ0n) is 6.16. The number of hydrogen-bond acceptors (Lipinski definition) is 3. The number of nitrogens with zero attached hydrogens (tertiary/aromatic N) is 2. The lowest BCUT2D eigenvalue weighted by Gasteiger charge is -1.97. The summed E-state index contributed by atoms with van der Waals surface area (Å²) in [6.45, 7) is 0. The summed E-state index contributed by atoms with van der Waals surface area (Å²) in [5, 5.41) is 7.63. The number of nitrogens with two attached hydrogens (primary N) is 1. The molecule has 2 aliphatic carbocycles. The Balaban J connectivity index is 2.09. The summed E-state index contributed by atoms with van der Waals surface area (Å²) in [6.07, 6.45) is 2.95. The van der Waals surface area contributed by atoms with Crippen molar-refractivity contribution in [3.05, 3.63) is 22.8 Å². The van der Waals surface area contributed by atoms with Gasteiger partial charge in [0.05, 0.1) is 5.71 Å². The van der Waals surface area contributed by atoms with Crippen molar-refractivity contribution in [2.45, 2.75) is 6.42 Å². The van der Waals surface area contributed by atoms with E-state index in [1.54, 1.807) is 0 Å². The predicted molar refractivity (Wildman–Crippen MR) is 43.8 cm³/mol. The minimum atomic E-state index is -0.498. The second-order valence-electron chi connectivity index (χ2n) is 3.00. The van der Waals surface area contributed by atoms with Crippen LogP contribution in [0.1, 0.15) is 6.42 Å². The van der Waals surface area contributed by atoms with Crippen LogP contribution in [-0.4, -0.2) is 17.3 Å². The van der Waals surface area contributed by atoms with Crippen molar-refractivity contribution in [2.75, 3.05) is 0 Å². The molecule has 0 atom stereocenters. The molecule has 4 heteroatoms. The van der Waals surface area contributed by atoms with Crippen molar-refractivity contribution in [3.8, 4) is 0 Å². The summed E-state index contributed by atoms with van der Waals surface area (Å²) in [5.74, 6) is -0.498. The fraction of sp³-hybridized carbons (Fsp3) is 0.125. The minimum absolute atomic E-state index is 0.303. The number of carbonyl (C=O) groups is 1. The molecule has 2 N–H and O–H groups in total. The second kappa shape index (κ2) is 1.55. The zero-order valence-corrected chi connectivity index (χ0v) is 6.16. The van der Waals surface area contributed by atoms with Gasteiger partial charge in [0, 0.05) is 12.0 Å². The highest BCUT2D eigenvalue weighted by atomic mass is 16.1. The minimum Gasteiger partial charge on any atom is -0.364 e. The fourth-order valence-electron chi connectivity index (χ4n) is 1.56. The van der Waals surface area contributed by atoms with Crippen LogP contribution in [-0.2, 0) is 4.79 Å². The Labute approximate surface area is 68.2 Å². The van der Waals surface area contributed by atoms with Gasteiger partial charge in [-0.15, -0.1) is 10.2 Å². The Morgan fingerprint density at radius 3 is 3.08 bits per heavy atom. The van der Waals surface area contributed by atoms with Crippen LogP contribution in [0.5, 0.6) is 0 Å². The van der Waals surface area contributed by atoms with Crippen molar-refractivity contribution >= 4 is 17.3 Å². The average molecular weight is 159 g/mol. The van der Waals surface area contributed by atoms with E-state index in [4.69, 9.17) is 5.73 Å². The lowest BCUT2D eigenvalue weighted by molar-refractivity contribution is -0.111. The van der Waals surface area contributed by atoms with E-state index in [0.717, 1.165) is 17.7 Å². The van der Waals surface area contributed by atoms with E-state index in [1.807, 2.05) is 6.08 Å². The van der Waals surface area contributed by atoms with Crippen LogP contribution < -0.4 is 5.73 Å². The third-order valence-corrected chi connectivity index (χ3v) is 2.23. The number of amides is 1. The van der Waals surface area contributed by atoms with Gasteiger partial charge < -0.3 is 5.73 Å². The number of allylic oxidation sites excluding steroid dienone is 3. The van der Waals surface area contributed by atoms with Crippen molar-refractivity contribution < 1.29 is 4.79 Å². The molecule has 0 spiro atoms. The maximum absolute atomic E-state index is 10.8. The van der Waals surface area contributed by atoms with Gasteiger partial charge in [-0.2, -0.15) is 0 Å². The standard InChI is InChI=1S/C8H5N3O/c9-8(12)7-5-2-3-1-4(3)6(5)10-11-7/h2H,1H2,(H2,9,12). The Morgan fingerprint density at radius 1 is 1.50 bits per heavy atom. The van der Waals surface area contributed by atoms with Gasteiger partial charge in [0.15, 0.2) is 5.71 Å². The molecule has 1 aliphatic heterocycles. The van der Waals surface area contributed by atoms with Gasteiger partial charge in [-0.05, 0) is 17.2 Å². The Hall–Kier alpha value is -1.71. The van der Waals surface area contributed by atoms with Gasteiger partial charge in [-0.1, -0.05) is 0 Å². The summed E-state index contributed by atoms with van der Waals surface area (Å²) in [5.41, 5.74) is 9.60. The second-order valence-corrected chi connectivity index (χ2v) is 3.00. The number of fused-ring (bicyclic) bond motifs is 2. The Morgan fingerprint density at radius 2 is 2.33 bits per heavy atom. The van der Waals surface area contributed by atoms with Crippen molar-refractivity contribution in [3.63, 3.8) is 0 Å². The molecular formula is C8H5N3O. The number of primary amides is 1. The third-order valence-electron chi connectivity index (χ3n) is 2.23. The van der Waals surface area contributed by atoms with Crippen LogP contribution in [0.2, 0.25) is 0 Å². The van der Waals surface area contributed by atoms with Gasteiger partial charge in [0.25, 0.3) is 5.91 Å². The smallest absolute Gasteiger partial charge is 0.269 e. The number of rotatable bonds is 1. The first-order valence-electron chi connectivity index (χ1n) is 3.67. The lowest BCUT2D eigenvalue weighted by atomic mass is 10.0. The molecule has 58 valence electrons. The van der Waals surface area contributed by atoms with E-state index < -0.39 is 5.91 Å². The molecule has 3 aliphatic rings. The van der Waals surface area contributed by atoms with Crippen LogP contribution in [0.15, 0.2) is 33.0 Å². The van der Waals surface area contributed by atoms with Gasteiger partial charge >= 0.3 is 0 Å². The van der Waals surface area contributed by atoms with Gasteiger partial charge in [0.1, 0.15) is 0 Å². The van der Waals surface area contributed by atoms with Crippen LogP contribution in [0.3, 0.4) is 0 Å². The summed E-state index contributed by atoms with van der Waals surface area (Å²) < 4.78 is 0. The Bertz CT molecular complexity index is 437. The van der Waals surface area contributed by atoms with Crippen LogP contribution in [0.4, 0.5) is 0 Å². The maximum Gasteiger partial charge on any atom is 0.269 e. The normalized spacial score (nSPS) is 22.8. The SMILES string of the molecule is NC(=O)C1=NN=C2C1=CC1=C2C1. The van der Waals surface area contributed by atoms with Crippen LogP contribution >= 0.6 is 0 Å². The summed E-state index contributed by atoms with van der Waals surface area (Å²) in [7, 11) is 0. The molecule has 0 aromatic rings. The van der Waals surface area contributed by atoms with Crippen LogP contribution in [0, 0.1) is 0 Å². The summed E-state index contributed by atoms with van der Waals surface area (Å²) in [6, 6.07) is 0. The highest BCUT2D eigenvalue weighted by molar-refractivity contribution is 6.55. The van der Waals surface area contributed by atoms with E-state index in [0.29, 0.717) is 5.71 Å². The van der Waals surface area contributed by atoms with Crippen molar-refractivity contribution in [1.82, 2.24) is 0 Å². The maximum atomic E-state index is 10.8. The molecule has 0 bridgehead atoms. The first-order chi connectivity index (χ1) is 5.77. The largest absolute Gasteiger partial charge is 0.364 e. The highest BCUT2D eigenvalue weighted by Crippen LogP contribution is 2.43. The molecule has 0 fully saturated rings. The summed E-state index contributed by atoms with van der Waals surface area (Å²) in [4.78, 5) is 10.8. The molecule has 0 radical (unpaired) electrons. The van der Waals surface area contributed by atoms with E-state index in [2.05, 4.69) is 10.2 Å². The first-order valence-corrected chi connectivity index (χ1v) is 3.67. The average Bonchev–Trinajstić information content (AvgIpc) is 2.54. The molecule has 1 amide bonds. The number of carbonyl (C=O) groups excluding carboxylic acids is 1. The van der Waals surface area contributed by atoms with E-state index in [-0.39, 0.29) is 0 Å². The molecule has 0 saturated heterocycles. The Kier molecular flexibility index (Phi) is 0.760. The third kappa shape index (κ3) is 0.514. The molecular weight excluding hydrogens is 154 g/mol. The molecule has 0 unspecified atom stereocenters. The highest BCUT2D eigenvalue weighted by Gasteiger charge is 2.39. The molecule has 0 saturated carbocycles. The molecule has 4 nitrogen and oxygen atoms in total. The monoisotopic (exact) mass is 159 g/mol. The molecule has 0 aromatic carbocycles. The van der Waals surface area contributed by atoms with Crippen LogP contribution in [0.25, 0.3) is 0 Å². The van der Waals surface area contributed by atoms with E-state index >= 15 is 0 Å². The van der Waals surface area contributed by atoms with Gasteiger partial charge in [-0.25, -0.2) is 0 Å². The quantitative estimate of drug-likeness (QED) is 0.571. The zero-order chi connectivity index (χ0) is 8.29. The molecule has 12 heavy (non-hydrogen) atoms. The van der Waals surface area contributed by atoms with E-state index in [9.17, 15) is 4.79 Å². The lowest BCUT2D eigenvalue weighted by Crippen LogP contribution is -2.25. The van der Waals surface area contributed by atoms with Crippen molar-refractivity contribution in [2.24, 2.45) is 15.9 Å². The molecule has 1 heterocycles. The molecule has 3 rings (SSSR count). The molecule has 0 aromatic heterocycles. The topological polar surface area (TPSA) is 67.8 Å². The van der Waals surface area contributed by atoms with E-state index in [1.165, 1.54) is 11.1 Å². The summed E-state index contributed by atoms with van der Waals surface area (Å²) >= 11 is 0.